The van der Waals surface area contributed by atoms with E-state index in [0.717, 1.165) is 6.42 Å². The third-order valence-electron chi connectivity index (χ3n) is 3.67. The Kier molecular flexibility index (Phi) is 3.81. The van der Waals surface area contributed by atoms with E-state index >= 15 is 0 Å². The minimum atomic E-state index is 0.449. The highest BCUT2D eigenvalue weighted by molar-refractivity contribution is 7.15. The molecule has 0 spiro atoms. The van der Waals surface area contributed by atoms with E-state index in [1.165, 1.54) is 26.1 Å². The van der Waals surface area contributed by atoms with Crippen LogP contribution in [-0.2, 0) is 0 Å². The monoisotopic (exact) mass is 282 g/mol. The normalized spacial score (nSPS) is 12.7. The van der Waals surface area contributed by atoms with Crippen LogP contribution in [0.1, 0.15) is 24.3 Å². The molecule has 0 fully saturated rings. The van der Waals surface area contributed by atoms with E-state index < -0.39 is 0 Å². The van der Waals surface area contributed by atoms with E-state index in [1.807, 2.05) is 30.8 Å². The molecule has 0 aliphatic heterocycles. The number of rotatable bonds is 4. The summed E-state index contributed by atoms with van der Waals surface area (Å²) in [5.41, 5.74) is 1.30. The predicted molar refractivity (Wildman–Crippen MR) is 87.1 cm³/mol. The first-order chi connectivity index (χ1) is 9.83. The van der Waals surface area contributed by atoms with Crippen molar-refractivity contribution in [2.45, 2.75) is 19.4 Å². The summed E-state index contributed by atoms with van der Waals surface area (Å²) in [6.07, 6.45) is 4.90. The molecule has 1 N–H and O–H groups in total. The molecule has 1 atom stereocenters. The zero-order valence-corrected chi connectivity index (χ0v) is 12.6. The van der Waals surface area contributed by atoms with Gasteiger partial charge >= 0.3 is 0 Å². The Hall–Kier alpha value is -1.71. The molecule has 0 radical (unpaired) electrons. The highest BCUT2D eigenvalue weighted by atomic mass is 32.1. The summed E-state index contributed by atoms with van der Waals surface area (Å²) >= 11 is 1.88. The number of nitrogens with zero attached hydrogens (tertiary/aromatic N) is 1. The fraction of sp³-hybridized carbons (Fsp3) is 0.235. The number of fused-ring (bicyclic) bond motifs is 1. The molecule has 3 aromatic rings. The van der Waals surface area contributed by atoms with Gasteiger partial charge in [0, 0.05) is 33.6 Å². The summed E-state index contributed by atoms with van der Waals surface area (Å²) in [6.45, 7) is 2.21. The maximum absolute atomic E-state index is 4.20. The molecule has 2 nitrogen and oxygen atoms in total. The second-order valence-electron chi connectivity index (χ2n) is 4.85. The summed E-state index contributed by atoms with van der Waals surface area (Å²) in [6, 6.07) is 13.4. The van der Waals surface area contributed by atoms with Gasteiger partial charge in [0.1, 0.15) is 0 Å². The molecule has 0 aliphatic carbocycles. The lowest BCUT2D eigenvalue weighted by atomic mass is 10.1. The van der Waals surface area contributed by atoms with Gasteiger partial charge in [-0.1, -0.05) is 25.1 Å². The summed E-state index contributed by atoms with van der Waals surface area (Å²) in [7, 11) is 2.02. The van der Waals surface area contributed by atoms with Crippen LogP contribution in [0, 0.1) is 0 Å². The van der Waals surface area contributed by atoms with Crippen LogP contribution in [0.15, 0.2) is 48.8 Å². The fourth-order valence-corrected chi connectivity index (χ4v) is 3.81. The summed E-state index contributed by atoms with van der Waals surface area (Å²) in [4.78, 5) is 6.92. The van der Waals surface area contributed by atoms with E-state index in [2.05, 4.69) is 53.6 Å². The highest BCUT2D eigenvalue weighted by Gasteiger charge is 2.11. The first-order valence-corrected chi connectivity index (χ1v) is 7.75. The largest absolute Gasteiger partial charge is 0.312 e. The standard InChI is InChI=1S/C17H18N2S/c1-3-15(18-2)17-8-7-16(20-17)14-6-4-5-12-11-19-10-9-13(12)14/h4-11,15,18H,3H2,1-2H3. The number of aromatic nitrogens is 1. The van der Waals surface area contributed by atoms with Crippen LogP contribution in [0.4, 0.5) is 0 Å². The van der Waals surface area contributed by atoms with Crippen LogP contribution in [0.3, 0.4) is 0 Å². The molecule has 0 saturated heterocycles. The van der Waals surface area contributed by atoms with Crippen molar-refractivity contribution in [2.24, 2.45) is 0 Å². The number of thiophene rings is 1. The molecule has 2 heterocycles. The maximum Gasteiger partial charge on any atom is 0.0409 e. The fourth-order valence-electron chi connectivity index (χ4n) is 2.57. The number of hydrogen-bond acceptors (Lipinski definition) is 3. The van der Waals surface area contributed by atoms with Gasteiger partial charge in [-0.15, -0.1) is 11.3 Å². The summed E-state index contributed by atoms with van der Waals surface area (Å²) in [5.74, 6) is 0. The maximum atomic E-state index is 4.20. The van der Waals surface area contributed by atoms with E-state index in [-0.39, 0.29) is 0 Å². The molecule has 0 amide bonds. The summed E-state index contributed by atoms with van der Waals surface area (Å²) in [5, 5.41) is 5.84. The Labute approximate surface area is 123 Å². The Balaban J connectivity index is 2.08. The molecule has 0 saturated carbocycles. The van der Waals surface area contributed by atoms with E-state index in [4.69, 9.17) is 0 Å². The number of nitrogens with one attached hydrogen (secondary N) is 1. The van der Waals surface area contributed by atoms with Gasteiger partial charge in [-0.25, -0.2) is 0 Å². The minimum absolute atomic E-state index is 0.449. The third-order valence-corrected chi connectivity index (χ3v) is 4.91. The van der Waals surface area contributed by atoms with Crippen molar-refractivity contribution in [3.8, 4) is 10.4 Å². The zero-order chi connectivity index (χ0) is 13.9. The highest BCUT2D eigenvalue weighted by Crippen LogP contribution is 2.35. The minimum Gasteiger partial charge on any atom is -0.312 e. The van der Waals surface area contributed by atoms with E-state index in [0.29, 0.717) is 6.04 Å². The Bertz CT molecular complexity index is 708. The zero-order valence-electron chi connectivity index (χ0n) is 11.8. The quantitative estimate of drug-likeness (QED) is 0.754. The lowest BCUT2D eigenvalue weighted by Crippen LogP contribution is -2.13. The van der Waals surface area contributed by atoms with Gasteiger partial charge < -0.3 is 5.32 Å². The molecule has 0 aliphatic rings. The van der Waals surface area contributed by atoms with Crippen molar-refractivity contribution in [1.82, 2.24) is 10.3 Å². The average molecular weight is 282 g/mol. The summed E-state index contributed by atoms with van der Waals surface area (Å²) < 4.78 is 0. The third kappa shape index (κ3) is 2.35. The van der Waals surface area contributed by atoms with Crippen molar-refractivity contribution in [3.05, 3.63) is 53.7 Å². The smallest absolute Gasteiger partial charge is 0.0409 e. The average Bonchev–Trinajstić information content (AvgIpc) is 2.97. The molecule has 2 aromatic heterocycles. The SMILES string of the molecule is CCC(NC)c1ccc(-c2cccc3cnccc23)s1. The van der Waals surface area contributed by atoms with Gasteiger partial charge in [0.15, 0.2) is 0 Å². The topological polar surface area (TPSA) is 24.9 Å². The van der Waals surface area contributed by atoms with Gasteiger partial charge in [-0.3, -0.25) is 4.98 Å². The predicted octanol–water partition coefficient (Wildman–Crippen LogP) is 4.63. The molecule has 3 heteroatoms. The molecular weight excluding hydrogens is 264 g/mol. The number of hydrogen-bond donors (Lipinski definition) is 1. The molecule has 20 heavy (non-hydrogen) atoms. The molecule has 1 unspecified atom stereocenters. The first-order valence-electron chi connectivity index (χ1n) is 6.93. The van der Waals surface area contributed by atoms with Gasteiger partial charge in [-0.2, -0.15) is 0 Å². The van der Waals surface area contributed by atoms with Crippen LogP contribution in [-0.4, -0.2) is 12.0 Å². The van der Waals surface area contributed by atoms with Gasteiger partial charge in [0.25, 0.3) is 0 Å². The van der Waals surface area contributed by atoms with Crippen LogP contribution >= 0.6 is 11.3 Å². The van der Waals surface area contributed by atoms with Crippen molar-refractivity contribution in [1.29, 1.82) is 0 Å². The first kappa shape index (κ1) is 13.3. The van der Waals surface area contributed by atoms with Crippen molar-refractivity contribution in [3.63, 3.8) is 0 Å². The molecule has 3 rings (SSSR count). The molecule has 0 bridgehead atoms. The van der Waals surface area contributed by atoms with Crippen molar-refractivity contribution in [2.75, 3.05) is 7.05 Å². The van der Waals surface area contributed by atoms with Gasteiger partial charge in [0.2, 0.25) is 0 Å². The molecular formula is C17H18N2S. The van der Waals surface area contributed by atoms with Crippen LogP contribution in [0.5, 0.6) is 0 Å². The van der Waals surface area contributed by atoms with E-state index in [9.17, 15) is 0 Å². The van der Waals surface area contributed by atoms with Crippen LogP contribution < -0.4 is 5.32 Å². The number of pyridine rings is 1. The second-order valence-corrected chi connectivity index (χ2v) is 5.97. The van der Waals surface area contributed by atoms with Crippen LogP contribution in [0.2, 0.25) is 0 Å². The Morgan fingerprint density at radius 3 is 2.90 bits per heavy atom. The molecule has 1 aromatic carbocycles. The number of benzene rings is 1. The van der Waals surface area contributed by atoms with Crippen molar-refractivity contribution < 1.29 is 0 Å². The lowest BCUT2D eigenvalue weighted by molar-refractivity contribution is 0.586. The van der Waals surface area contributed by atoms with Gasteiger partial charge in [0.05, 0.1) is 0 Å². The van der Waals surface area contributed by atoms with Crippen LogP contribution in [0.25, 0.3) is 21.2 Å². The van der Waals surface area contributed by atoms with Crippen molar-refractivity contribution >= 4 is 22.1 Å². The van der Waals surface area contributed by atoms with Gasteiger partial charge in [-0.05, 0) is 42.6 Å². The lowest BCUT2D eigenvalue weighted by Gasteiger charge is -2.10. The Morgan fingerprint density at radius 1 is 1.20 bits per heavy atom. The van der Waals surface area contributed by atoms with E-state index in [1.54, 1.807) is 0 Å². The molecule has 102 valence electrons. The Morgan fingerprint density at radius 2 is 2.10 bits per heavy atom. The second kappa shape index (κ2) is 5.73.